The molecule has 0 aromatic heterocycles. The molecule has 6 rings (SSSR count). The maximum absolute atomic E-state index is 14.3. The van der Waals surface area contributed by atoms with Crippen molar-refractivity contribution in [2.45, 2.75) is 237 Å². The van der Waals surface area contributed by atoms with Gasteiger partial charge in [-0.15, -0.1) is 0 Å². The molecule has 6 heteroatoms. The minimum atomic E-state index is -3.27. The summed E-state index contributed by atoms with van der Waals surface area (Å²) in [7, 11) is 0. The number of rotatable bonds is 19. The zero-order chi connectivity index (χ0) is 43.8. The SMILES string of the molecule is CCCCC1CCC(C2CCC(c3ccc(C(F)C(F)(F)CCC)cc3)CC2)CC1.CCCCCC1CCC(C2CCC(c3ccc(C(F)C(F)(F)CCC)cc3)CC2)CC1. The summed E-state index contributed by atoms with van der Waals surface area (Å²) in [5, 5.41) is 0. The topological polar surface area (TPSA) is 0 Å². The van der Waals surface area contributed by atoms with Gasteiger partial charge in [-0.2, -0.15) is 0 Å². The van der Waals surface area contributed by atoms with E-state index < -0.39 is 37.0 Å². The highest BCUT2D eigenvalue weighted by Gasteiger charge is 2.41. The third-order valence-corrected chi connectivity index (χ3v) is 16.2. The maximum atomic E-state index is 14.3. The van der Waals surface area contributed by atoms with E-state index in [4.69, 9.17) is 0 Å². The van der Waals surface area contributed by atoms with Crippen LogP contribution in [-0.2, 0) is 0 Å². The molecule has 0 saturated heterocycles. The Labute approximate surface area is 368 Å². The Balaban J connectivity index is 0.000000231. The molecule has 4 aliphatic rings. The average Bonchev–Trinajstić information content (AvgIpc) is 3.29. The zero-order valence-corrected chi connectivity index (χ0v) is 38.8. The van der Waals surface area contributed by atoms with Crippen molar-refractivity contribution in [2.75, 3.05) is 0 Å². The largest absolute Gasteiger partial charge is 0.282 e. The zero-order valence-electron chi connectivity index (χ0n) is 38.8. The van der Waals surface area contributed by atoms with Crippen molar-refractivity contribution >= 4 is 0 Å². The Morgan fingerprint density at radius 3 is 1.03 bits per heavy atom. The molecule has 0 heterocycles. The first kappa shape index (κ1) is 50.0. The second-order valence-electron chi connectivity index (χ2n) is 20.5. The molecule has 0 nitrogen and oxygen atoms in total. The average molecular weight is 859 g/mol. The molecule has 2 unspecified atom stereocenters. The monoisotopic (exact) mass is 859 g/mol. The summed E-state index contributed by atoms with van der Waals surface area (Å²) in [5.41, 5.74) is 2.64. The molecule has 4 fully saturated rings. The molecule has 4 saturated carbocycles. The van der Waals surface area contributed by atoms with Crippen LogP contribution < -0.4 is 0 Å². The van der Waals surface area contributed by atoms with Crippen molar-refractivity contribution in [3.8, 4) is 0 Å². The molecule has 0 radical (unpaired) electrons. The smallest absolute Gasteiger partial charge is 0.236 e. The van der Waals surface area contributed by atoms with Gasteiger partial charge in [0.1, 0.15) is 0 Å². The molecule has 61 heavy (non-hydrogen) atoms. The van der Waals surface area contributed by atoms with Crippen molar-refractivity contribution in [1.82, 2.24) is 0 Å². The second kappa shape index (κ2) is 24.9. The molecular weight excluding hydrogens is 775 g/mol. The summed E-state index contributed by atoms with van der Waals surface area (Å²) in [6, 6.07) is 14.0. The van der Waals surface area contributed by atoms with E-state index in [0.29, 0.717) is 11.8 Å². The van der Waals surface area contributed by atoms with E-state index in [1.807, 2.05) is 24.3 Å². The fourth-order valence-corrected chi connectivity index (χ4v) is 12.2. The lowest BCUT2D eigenvalue weighted by molar-refractivity contribution is -0.0810. The van der Waals surface area contributed by atoms with Gasteiger partial charge in [-0.05, 0) is 147 Å². The van der Waals surface area contributed by atoms with Gasteiger partial charge in [0.2, 0.25) is 0 Å². The molecule has 4 aliphatic carbocycles. The molecule has 2 aromatic carbocycles. The summed E-state index contributed by atoms with van der Waals surface area (Å²) in [6.07, 6.45) is 26.4. The Morgan fingerprint density at radius 2 is 0.721 bits per heavy atom. The predicted molar refractivity (Wildman–Crippen MR) is 244 cm³/mol. The summed E-state index contributed by atoms with van der Waals surface area (Å²) < 4.78 is 84.2. The minimum absolute atomic E-state index is 0.116. The summed E-state index contributed by atoms with van der Waals surface area (Å²) in [6.45, 7) is 7.90. The standard InChI is InChI=1S/C28H43F3.C27H41F3/c1-3-5-6-7-21-8-10-22(11-9-21)23-12-14-24(15-13-23)25-16-18-26(19-17-25)27(29)28(30,31)20-4-2;1-3-5-6-20-7-9-21(10-8-20)22-11-13-23(14-12-22)24-15-17-25(18-16-24)26(28)27(29,30)19-4-2/h16-19,21-24,27H,3-15,20H2,1-2H3;15-18,20-23,26H,3-14,19H2,1-2H3. The van der Waals surface area contributed by atoms with E-state index >= 15 is 0 Å². The van der Waals surface area contributed by atoms with Crippen LogP contribution in [0.1, 0.15) is 247 Å². The van der Waals surface area contributed by atoms with Crippen molar-refractivity contribution in [3.05, 3.63) is 70.8 Å². The van der Waals surface area contributed by atoms with Crippen LogP contribution >= 0.6 is 0 Å². The lowest BCUT2D eigenvalue weighted by Gasteiger charge is -2.38. The van der Waals surface area contributed by atoms with E-state index in [1.165, 1.54) is 159 Å². The second-order valence-corrected chi connectivity index (χ2v) is 20.5. The van der Waals surface area contributed by atoms with Gasteiger partial charge < -0.3 is 0 Å². The van der Waals surface area contributed by atoms with E-state index in [9.17, 15) is 26.3 Å². The lowest BCUT2D eigenvalue weighted by atomic mass is 9.68. The van der Waals surface area contributed by atoms with Gasteiger partial charge in [-0.3, -0.25) is 0 Å². The van der Waals surface area contributed by atoms with Crippen molar-refractivity contribution in [3.63, 3.8) is 0 Å². The Hall–Kier alpha value is -1.98. The Kier molecular flexibility index (Phi) is 20.4. The first-order valence-corrected chi connectivity index (χ1v) is 25.6. The number of benzene rings is 2. The number of hydrogen-bond donors (Lipinski definition) is 0. The van der Waals surface area contributed by atoms with Crippen LogP contribution in [0.2, 0.25) is 0 Å². The van der Waals surface area contributed by atoms with Gasteiger partial charge in [0.05, 0.1) is 0 Å². The van der Waals surface area contributed by atoms with Crippen LogP contribution in [0, 0.1) is 35.5 Å². The van der Waals surface area contributed by atoms with Gasteiger partial charge in [-0.1, -0.05) is 160 Å². The third kappa shape index (κ3) is 14.8. The van der Waals surface area contributed by atoms with Crippen molar-refractivity contribution < 1.29 is 26.3 Å². The summed E-state index contributed by atoms with van der Waals surface area (Å²) >= 11 is 0. The molecule has 0 N–H and O–H groups in total. The highest BCUT2D eigenvalue weighted by Crippen LogP contribution is 2.47. The quantitative estimate of drug-likeness (QED) is 0.0975. The van der Waals surface area contributed by atoms with Gasteiger partial charge in [0, 0.05) is 12.8 Å². The number of alkyl halides is 6. The molecule has 346 valence electrons. The molecule has 0 amide bonds. The van der Waals surface area contributed by atoms with Crippen LogP contribution in [0.3, 0.4) is 0 Å². The van der Waals surface area contributed by atoms with E-state index in [1.54, 1.807) is 38.1 Å². The van der Waals surface area contributed by atoms with Gasteiger partial charge in [-0.25, -0.2) is 26.3 Å². The molecule has 0 bridgehead atoms. The summed E-state index contributed by atoms with van der Waals surface area (Å²) in [4.78, 5) is 0. The fourth-order valence-electron chi connectivity index (χ4n) is 12.2. The van der Waals surface area contributed by atoms with E-state index in [-0.39, 0.29) is 24.0 Å². The van der Waals surface area contributed by atoms with Crippen LogP contribution in [0.25, 0.3) is 0 Å². The fraction of sp³-hybridized carbons (Fsp3) is 0.782. The van der Waals surface area contributed by atoms with Crippen LogP contribution in [0.15, 0.2) is 48.5 Å². The summed E-state index contributed by atoms with van der Waals surface area (Å²) in [5.74, 6) is -0.0198. The van der Waals surface area contributed by atoms with Gasteiger partial charge in [0.25, 0.3) is 11.8 Å². The van der Waals surface area contributed by atoms with Crippen molar-refractivity contribution in [1.29, 1.82) is 0 Å². The first-order valence-electron chi connectivity index (χ1n) is 25.6. The molecular formula is C55H84F6. The number of unbranched alkanes of at least 4 members (excludes halogenated alkanes) is 3. The molecule has 2 atom stereocenters. The third-order valence-electron chi connectivity index (χ3n) is 16.2. The maximum Gasteiger partial charge on any atom is 0.282 e. The highest BCUT2D eigenvalue weighted by atomic mass is 19.3. The first-order chi connectivity index (χ1) is 29.4. The number of hydrogen-bond acceptors (Lipinski definition) is 0. The van der Waals surface area contributed by atoms with E-state index in [2.05, 4.69) is 13.8 Å². The van der Waals surface area contributed by atoms with Gasteiger partial charge in [0.15, 0.2) is 12.3 Å². The van der Waals surface area contributed by atoms with Crippen molar-refractivity contribution in [2.24, 2.45) is 35.5 Å². The van der Waals surface area contributed by atoms with Gasteiger partial charge >= 0.3 is 0 Å². The highest BCUT2D eigenvalue weighted by molar-refractivity contribution is 5.29. The Morgan fingerprint density at radius 1 is 0.410 bits per heavy atom. The number of halogens is 6. The van der Waals surface area contributed by atoms with Crippen LogP contribution in [0.4, 0.5) is 26.3 Å². The molecule has 0 aliphatic heterocycles. The predicted octanol–water partition coefficient (Wildman–Crippen LogP) is 19.2. The normalized spacial score (nSPS) is 28.7. The van der Waals surface area contributed by atoms with Crippen LogP contribution in [0.5, 0.6) is 0 Å². The Bertz CT molecular complexity index is 1450. The van der Waals surface area contributed by atoms with E-state index in [0.717, 1.165) is 35.5 Å². The molecule has 0 spiro atoms. The minimum Gasteiger partial charge on any atom is -0.236 e. The molecule has 2 aromatic rings. The van der Waals surface area contributed by atoms with Crippen LogP contribution in [-0.4, -0.2) is 11.8 Å². The lowest BCUT2D eigenvalue weighted by Crippen LogP contribution is -2.25.